The molecule has 0 aromatic heterocycles. The van der Waals surface area contributed by atoms with Crippen LogP contribution in [0.2, 0.25) is 0 Å². The van der Waals surface area contributed by atoms with Crippen LogP contribution in [-0.2, 0) is 13.0 Å². The number of piperidine rings is 1. The Balaban J connectivity index is 1.69. The molecular weight excluding hydrogens is 348 g/mol. The van der Waals surface area contributed by atoms with E-state index < -0.39 is 0 Å². The zero-order chi connectivity index (χ0) is 14.9. The van der Waals surface area contributed by atoms with E-state index in [0.717, 1.165) is 45.0 Å². The highest BCUT2D eigenvalue weighted by Crippen LogP contribution is 2.37. The molecule has 1 aromatic carbocycles. The molecule has 3 rings (SSSR count). The van der Waals surface area contributed by atoms with Gasteiger partial charge in [-0.25, -0.2) is 0 Å². The molecule has 0 atom stereocenters. The molecule has 0 amide bonds. The van der Waals surface area contributed by atoms with Crippen molar-refractivity contribution in [2.75, 3.05) is 32.5 Å². The molecule has 0 spiro atoms. The summed E-state index contributed by atoms with van der Waals surface area (Å²) < 4.78 is 7.30. The number of likely N-dealkylation sites (tertiary alicyclic amines) is 1. The van der Waals surface area contributed by atoms with Gasteiger partial charge in [0.1, 0.15) is 5.75 Å². The van der Waals surface area contributed by atoms with Gasteiger partial charge >= 0.3 is 0 Å². The molecule has 1 aromatic rings. The van der Waals surface area contributed by atoms with Crippen LogP contribution in [-0.4, -0.2) is 42.1 Å². The highest BCUT2D eigenvalue weighted by Gasteiger charge is 2.32. The summed E-state index contributed by atoms with van der Waals surface area (Å²) in [7, 11) is 0. The summed E-state index contributed by atoms with van der Waals surface area (Å²) >= 11 is 5.57. The van der Waals surface area contributed by atoms with Crippen molar-refractivity contribution >= 4 is 27.7 Å². The second-order valence-corrected chi connectivity index (χ2v) is 8.21. The van der Waals surface area contributed by atoms with Gasteiger partial charge in [0.15, 0.2) is 0 Å². The van der Waals surface area contributed by atoms with Gasteiger partial charge in [-0.1, -0.05) is 15.9 Å². The fraction of sp³-hybridized carbons (Fsp3) is 0.625. The lowest BCUT2D eigenvalue weighted by molar-refractivity contribution is 0.192. The molecular formula is C16H23BrN2OS. The molecule has 1 saturated heterocycles. The Kier molecular flexibility index (Phi) is 4.84. The van der Waals surface area contributed by atoms with Crippen molar-refractivity contribution in [3.05, 3.63) is 27.7 Å². The van der Waals surface area contributed by atoms with Crippen molar-refractivity contribution in [3.63, 3.8) is 0 Å². The molecule has 3 nitrogen and oxygen atoms in total. The Labute approximate surface area is 139 Å². The SMILES string of the molecule is CSC1(CN)CCN(Cc2cc(Br)cc3c2OCC3)CC1. The molecule has 5 heteroatoms. The lowest BCUT2D eigenvalue weighted by Gasteiger charge is -2.40. The van der Waals surface area contributed by atoms with Crippen LogP contribution in [0.1, 0.15) is 24.0 Å². The van der Waals surface area contributed by atoms with Gasteiger partial charge in [-0.2, -0.15) is 11.8 Å². The van der Waals surface area contributed by atoms with E-state index in [1.165, 1.54) is 28.4 Å². The number of hydrogen-bond donors (Lipinski definition) is 1. The van der Waals surface area contributed by atoms with Crippen LogP contribution in [0.5, 0.6) is 5.75 Å². The van der Waals surface area contributed by atoms with E-state index in [1.54, 1.807) is 0 Å². The van der Waals surface area contributed by atoms with Crippen LogP contribution in [0.25, 0.3) is 0 Å². The third kappa shape index (κ3) is 3.26. The number of nitrogens with zero attached hydrogens (tertiary/aromatic N) is 1. The molecule has 2 N–H and O–H groups in total. The topological polar surface area (TPSA) is 38.5 Å². The second-order valence-electron chi connectivity index (χ2n) is 6.02. The van der Waals surface area contributed by atoms with Crippen molar-refractivity contribution in [2.45, 2.75) is 30.6 Å². The summed E-state index contributed by atoms with van der Waals surface area (Å²) in [5, 5.41) is 0. The largest absolute Gasteiger partial charge is 0.493 e. The van der Waals surface area contributed by atoms with Gasteiger partial charge in [0.2, 0.25) is 0 Å². The number of benzene rings is 1. The molecule has 0 saturated carbocycles. The highest BCUT2D eigenvalue weighted by molar-refractivity contribution is 9.10. The predicted molar refractivity (Wildman–Crippen MR) is 93.2 cm³/mol. The summed E-state index contributed by atoms with van der Waals surface area (Å²) in [6.07, 6.45) is 5.59. The van der Waals surface area contributed by atoms with E-state index in [9.17, 15) is 0 Å². The first-order valence-electron chi connectivity index (χ1n) is 7.57. The minimum absolute atomic E-state index is 0.298. The van der Waals surface area contributed by atoms with Crippen molar-refractivity contribution in [1.82, 2.24) is 4.90 Å². The summed E-state index contributed by atoms with van der Waals surface area (Å²) in [6, 6.07) is 4.40. The highest BCUT2D eigenvalue weighted by atomic mass is 79.9. The summed E-state index contributed by atoms with van der Waals surface area (Å²) in [5.41, 5.74) is 8.64. The zero-order valence-electron chi connectivity index (χ0n) is 12.5. The van der Waals surface area contributed by atoms with E-state index in [0.29, 0.717) is 4.75 Å². The molecule has 0 aliphatic carbocycles. The van der Waals surface area contributed by atoms with Crippen LogP contribution in [0.3, 0.4) is 0 Å². The number of halogens is 1. The number of rotatable bonds is 4. The molecule has 116 valence electrons. The van der Waals surface area contributed by atoms with Crippen LogP contribution >= 0.6 is 27.7 Å². The Hall–Kier alpha value is -0.230. The molecule has 2 aliphatic rings. The number of thioether (sulfide) groups is 1. The summed E-state index contributed by atoms with van der Waals surface area (Å²) in [4.78, 5) is 2.54. The molecule has 2 heterocycles. The van der Waals surface area contributed by atoms with E-state index in [-0.39, 0.29) is 0 Å². The number of nitrogens with two attached hydrogens (primary N) is 1. The van der Waals surface area contributed by atoms with Crippen molar-refractivity contribution in [1.29, 1.82) is 0 Å². The first-order chi connectivity index (χ1) is 10.2. The lowest BCUT2D eigenvalue weighted by Crippen LogP contribution is -2.46. The average molecular weight is 371 g/mol. The van der Waals surface area contributed by atoms with E-state index >= 15 is 0 Å². The third-order valence-electron chi connectivity index (χ3n) is 4.79. The van der Waals surface area contributed by atoms with Gasteiger partial charge in [-0.05, 0) is 49.9 Å². The smallest absolute Gasteiger partial charge is 0.127 e. The van der Waals surface area contributed by atoms with Gasteiger partial charge in [-0.3, -0.25) is 4.90 Å². The van der Waals surface area contributed by atoms with Gasteiger partial charge < -0.3 is 10.5 Å². The maximum atomic E-state index is 5.97. The molecule has 0 bridgehead atoms. The Morgan fingerprint density at radius 1 is 1.38 bits per heavy atom. The van der Waals surface area contributed by atoms with E-state index in [2.05, 4.69) is 39.2 Å². The Morgan fingerprint density at radius 3 is 2.81 bits per heavy atom. The molecule has 1 fully saturated rings. The quantitative estimate of drug-likeness (QED) is 0.883. The monoisotopic (exact) mass is 370 g/mol. The van der Waals surface area contributed by atoms with Gasteiger partial charge in [-0.15, -0.1) is 0 Å². The number of ether oxygens (including phenoxy) is 1. The minimum atomic E-state index is 0.298. The first kappa shape index (κ1) is 15.7. The number of fused-ring (bicyclic) bond motifs is 1. The van der Waals surface area contributed by atoms with Crippen LogP contribution in [0, 0.1) is 0 Å². The zero-order valence-corrected chi connectivity index (χ0v) is 14.9. The molecule has 0 radical (unpaired) electrons. The predicted octanol–water partition coefficient (Wildman–Crippen LogP) is 3.04. The minimum Gasteiger partial charge on any atom is -0.493 e. The van der Waals surface area contributed by atoms with Crippen LogP contribution in [0.4, 0.5) is 0 Å². The fourth-order valence-corrected chi connectivity index (χ4v) is 4.62. The normalized spacial score (nSPS) is 21.1. The van der Waals surface area contributed by atoms with Crippen molar-refractivity contribution in [2.24, 2.45) is 5.73 Å². The maximum Gasteiger partial charge on any atom is 0.127 e. The third-order valence-corrected chi connectivity index (χ3v) is 6.69. The van der Waals surface area contributed by atoms with Gasteiger partial charge in [0.05, 0.1) is 6.61 Å². The average Bonchev–Trinajstić information content (AvgIpc) is 2.97. The van der Waals surface area contributed by atoms with Crippen LogP contribution in [0.15, 0.2) is 16.6 Å². The lowest BCUT2D eigenvalue weighted by atomic mass is 9.95. The van der Waals surface area contributed by atoms with Crippen molar-refractivity contribution in [3.8, 4) is 5.75 Å². The maximum absolute atomic E-state index is 5.97. The second kappa shape index (κ2) is 6.49. The molecule has 2 aliphatic heterocycles. The van der Waals surface area contributed by atoms with Crippen LogP contribution < -0.4 is 10.5 Å². The standard InChI is InChI=1S/C16H23BrN2OS/c1-21-16(11-18)3-5-19(6-4-16)10-13-9-14(17)8-12-2-7-20-15(12)13/h8-9H,2-7,10-11,18H2,1H3. The van der Waals surface area contributed by atoms with E-state index in [4.69, 9.17) is 10.5 Å². The Morgan fingerprint density at radius 2 is 2.14 bits per heavy atom. The summed E-state index contributed by atoms with van der Waals surface area (Å²) in [6.45, 7) is 4.84. The Bertz CT molecular complexity index is 509. The number of hydrogen-bond acceptors (Lipinski definition) is 4. The van der Waals surface area contributed by atoms with Crippen molar-refractivity contribution < 1.29 is 4.74 Å². The molecule has 0 unspecified atom stereocenters. The van der Waals surface area contributed by atoms with Gasteiger partial charge in [0.25, 0.3) is 0 Å². The van der Waals surface area contributed by atoms with E-state index in [1.807, 2.05) is 11.8 Å². The summed E-state index contributed by atoms with van der Waals surface area (Å²) in [5.74, 6) is 1.12. The van der Waals surface area contributed by atoms with Gasteiger partial charge in [0, 0.05) is 34.3 Å². The first-order valence-corrected chi connectivity index (χ1v) is 9.59. The fourth-order valence-electron chi connectivity index (χ4n) is 3.31. The molecule has 21 heavy (non-hydrogen) atoms.